The van der Waals surface area contributed by atoms with Gasteiger partial charge in [0, 0.05) is 24.4 Å². The second-order valence-electron chi connectivity index (χ2n) is 4.67. The number of hydrogen-bond acceptors (Lipinski definition) is 4. The standard InChI is InChI=1S/C13H20N2O2S3/c1-9-7-11(13(14)18)5-6-12(9)20(16,17)15(3)10(2)8-19-4/h5-7,10H,8H2,1-4H3,(H2,14,18). The molecule has 1 rings (SSSR count). The molecule has 0 bridgehead atoms. The van der Waals surface area contributed by atoms with Gasteiger partial charge in [0.15, 0.2) is 0 Å². The highest BCUT2D eigenvalue weighted by Crippen LogP contribution is 2.22. The van der Waals surface area contributed by atoms with Crippen molar-refractivity contribution < 1.29 is 8.42 Å². The molecule has 0 aliphatic carbocycles. The number of thiocarbonyl (C=S) groups is 1. The normalized spacial score (nSPS) is 13.4. The van der Waals surface area contributed by atoms with Gasteiger partial charge < -0.3 is 5.73 Å². The van der Waals surface area contributed by atoms with Crippen molar-refractivity contribution in [3.05, 3.63) is 29.3 Å². The maximum Gasteiger partial charge on any atom is 0.243 e. The maximum absolute atomic E-state index is 12.6. The summed E-state index contributed by atoms with van der Waals surface area (Å²) >= 11 is 6.52. The van der Waals surface area contributed by atoms with Crippen LogP contribution >= 0.6 is 24.0 Å². The van der Waals surface area contributed by atoms with Gasteiger partial charge in [-0.15, -0.1) is 0 Å². The van der Waals surface area contributed by atoms with Gasteiger partial charge in [0.25, 0.3) is 0 Å². The number of nitrogens with two attached hydrogens (primary N) is 1. The molecule has 112 valence electrons. The third-order valence-corrected chi connectivity index (χ3v) is 6.33. The highest BCUT2D eigenvalue weighted by molar-refractivity contribution is 7.98. The summed E-state index contributed by atoms with van der Waals surface area (Å²) < 4.78 is 26.6. The van der Waals surface area contributed by atoms with Gasteiger partial charge in [0.05, 0.1) is 4.90 Å². The summed E-state index contributed by atoms with van der Waals surface area (Å²) in [5.74, 6) is 0.750. The molecule has 0 radical (unpaired) electrons. The fourth-order valence-corrected chi connectivity index (χ4v) is 4.32. The van der Waals surface area contributed by atoms with Crippen LogP contribution in [0.5, 0.6) is 0 Å². The number of rotatable bonds is 6. The van der Waals surface area contributed by atoms with Gasteiger partial charge in [0.2, 0.25) is 10.0 Å². The average Bonchev–Trinajstić information content (AvgIpc) is 2.37. The van der Waals surface area contributed by atoms with E-state index >= 15 is 0 Å². The monoisotopic (exact) mass is 332 g/mol. The average molecular weight is 333 g/mol. The minimum absolute atomic E-state index is 0.0651. The van der Waals surface area contributed by atoms with E-state index in [9.17, 15) is 8.42 Å². The molecule has 0 saturated carbocycles. The third kappa shape index (κ3) is 3.72. The van der Waals surface area contributed by atoms with Crippen LogP contribution in [0.3, 0.4) is 0 Å². The number of hydrogen-bond donors (Lipinski definition) is 1. The second kappa shape index (κ2) is 6.89. The molecule has 0 aliphatic rings. The van der Waals surface area contributed by atoms with Crippen molar-refractivity contribution in [1.82, 2.24) is 4.31 Å². The molecule has 2 N–H and O–H groups in total. The van der Waals surface area contributed by atoms with Crippen molar-refractivity contribution in [3.63, 3.8) is 0 Å². The lowest BCUT2D eigenvalue weighted by Crippen LogP contribution is -2.36. The van der Waals surface area contributed by atoms with Crippen LogP contribution in [0.2, 0.25) is 0 Å². The summed E-state index contributed by atoms with van der Waals surface area (Å²) in [7, 11) is -1.89. The lowest BCUT2D eigenvalue weighted by molar-refractivity contribution is 0.415. The number of thioether (sulfide) groups is 1. The topological polar surface area (TPSA) is 63.4 Å². The zero-order valence-electron chi connectivity index (χ0n) is 12.1. The number of nitrogens with zero attached hydrogens (tertiary/aromatic N) is 1. The second-order valence-corrected chi connectivity index (χ2v) is 7.99. The molecule has 0 amide bonds. The Hall–Kier alpha value is -0.630. The summed E-state index contributed by atoms with van der Waals surface area (Å²) in [5, 5.41) is 0. The van der Waals surface area contributed by atoms with Crippen LogP contribution < -0.4 is 5.73 Å². The maximum atomic E-state index is 12.6. The van der Waals surface area contributed by atoms with E-state index in [1.54, 1.807) is 43.9 Å². The zero-order chi connectivity index (χ0) is 15.5. The molecule has 4 nitrogen and oxygen atoms in total. The molecule has 1 unspecified atom stereocenters. The highest BCUT2D eigenvalue weighted by Gasteiger charge is 2.26. The van der Waals surface area contributed by atoms with Crippen molar-refractivity contribution >= 4 is 39.0 Å². The van der Waals surface area contributed by atoms with Crippen molar-refractivity contribution in [1.29, 1.82) is 0 Å². The van der Waals surface area contributed by atoms with Crippen molar-refractivity contribution in [2.75, 3.05) is 19.1 Å². The Labute approximate surface area is 130 Å². The molecule has 0 heterocycles. The quantitative estimate of drug-likeness (QED) is 0.807. The van der Waals surface area contributed by atoms with Crippen molar-refractivity contribution in [2.24, 2.45) is 5.73 Å². The molecule has 0 aromatic heterocycles. The van der Waals surface area contributed by atoms with Crippen LogP contribution in [0.1, 0.15) is 18.1 Å². The van der Waals surface area contributed by atoms with E-state index in [-0.39, 0.29) is 11.0 Å². The van der Waals surface area contributed by atoms with E-state index in [4.69, 9.17) is 18.0 Å². The molecule has 20 heavy (non-hydrogen) atoms. The fourth-order valence-electron chi connectivity index (χ4n) is 1.83. The Balaban J connectivity index is 3.19. The zero-order valence-corrected chi connectivity index (χ0v) is 14.5. The predicted molar refractivity (Wildman–Crippen MR) is 89.9 cm³/mol. The van der Waals surface area contributed by atoms with Crippen molar-refractivity contribution in [2.45, 2.75) is 24.8 Å². The largest absolute Gasteiger partial charge is 0.389 e. The van der Waals surface area contributed by atoms with Gasteiger partial charge in [0.1, 0.15) is 4.99 Å². The third-order valence-electron chi connectivity index (χ3n) is 3.15. The van der Waals surface area contributed by atoms with Crippen LogP contribution in [0.15, 0.2) is 23.1 Å². The number of benzene rings is 1. The number of aryl methyl sites for hydroxylation is 1. The summed E-state index contributed by atoms with van der Waals surface area (Å²) in [5.41, 5.74) is 6.89. The molecule has 1 aromatic carbocycles. The Morgan fingerprint density at radius 1 is 1.50 bits per heavy atom. The predicted octanol–water partition coefficient (Wildman–Crippen LogP) is 2.00. The Bertz CT molecular complexity index is 600. The summed E-state index contributed by atoms with van der Waals surface area (Å²) in [6, 6.07) is 4.86. The first-order valence-electron chi connectivity index (χ1n) is 6.09. The minimum Gasteiger partial charge on any atom is -0.389 e. The number of sulfonamides is 1. The van der Waals surface area contributed by atoms with E-state index in [1.807, 2.05) is 13.2 Å². The molecular weight excluding hydrogens is 312 g/mol. The first-order chi connectivity index (χ1) is 9.21. The molecule has 0 saturated heterocycles. The molecule has 0 fully saturated rings. The van der Waals surface area contributed by atoms with E-state index in [2.05, 4.69) is 0 Å². The van der Waals surface area contributed by atoms with Crippen LogP contribution in [-0.2, 0) is 10.0 Å². The molecule has 1 aromatic rings. The summed E-state index contributed by atoms with van der Waals surface area (Å²) in [4.78, 5) is 0.564. The fraction of sp³-hybridized carbons (Fsp3) is 0.462. The van der Waals surface area contributed by atoms with Crippen LogP contribution in [-0.4, -0.2) is 42.8 Å². The van der Waals surface area contributed by atoms with Gasteiger partial charge in [-0.2, -0.15) is 16.1 Å². The van der Waals surface area contributed by atoms with Gasteiger partial charge in [-0.1, -0.05) is 18.3 Å². The highest BCUT2D eigenvalue weighted by atomic mass is 32.2. The van der Waals surface area contributed by atoms with Gasteiger partial charge in [-0.3, -0.25) is 0 Å². The van der Waals surface area contributed by atoms with Crippen LogP contribution in [0, 0.1) is 6.92 Å². The summed E-state index contributed by atoms with van der Waals surface area (Å²) in [6.07, 6.45) is 1.96. The first-order valence-corrected chi connectivity index (χ1v) is 9.33. The van der Waals surface area contributed by atoms with Crippen LogP contribution in [0.25, 0.3) is 0 Å². The minimum atomic E-state index is -3.50. The Kier molecular flexibility index (Phi) is 6.00. The van der Waals surface area contributed by atoms with E-state index in [0.29, 0.717) is 16.0 Å². The Morgan fingerprint density at radius 3 is 2.55 bits per heavy atom. The Morgan fingerprint density at radius 2 is 2.10 bits per heavy atom. The first kappa shape index (κ1) is 17.4. The lowest BCUT2D eigenvalue weighted by Gasteiger charge is -2.24. The van der Waals surface area contributed by atoms with Crippen molar-refractivity contribution in [3.8, 4) is 0 Å². The van der Waals surface area contributed by atoms with Gasteiger partial charge in [-0.25, -0.2) is 8.42 Å². The SMILES string of the molecule is CSCC(C)N(C)S(=O)(=O)c1ccc(C(N)=S)cc1C. The van der Waals surface area contributed by atoms with Gasteiger partial charge >= 0.3 is 0 Å². The molecular formula is C13H20N2O2S3. The molecule has 7 heteroatoms. The van der Waals surface area contributed by atoms with E-state index in [1.165, 1.54) is 4.31 Å². The van der Waals surface area contributed by atoms with E-state index in [0.717, 1.165) is 5.75 Å². The van der Waals surface area contributed by atoms with E-state index < -0.39 is 10.0 Å². The smallest absolute Gasteiger partial charge is 0.243 e. The van der Waals surface area contributed by atoms with Crippen LogP contribution in [0.4, 0.5) is 0 Å². The molecule has 0 spiro atoms. The molecule has 1 atom stereocenters. The summed E-state index contributed by atoms with van der Waals surface area (Å²) in [6.45, 7) is 3.65. The van der Waals surface area contributed by atoms with Gasteiger partial charge in [-0.05, 0) is 37.8 Å². The lowest BCUT2D eigenvalue weighted by atomic mass is 10.1. The molecule has 0 aliphatic heterocycles.